The van der Waals surface area contributed by atoms with Gasteiger partial charge < -0.3 is 18.9 Å². The van der Waals surface area contributed by atoms with E-state index in [9.17, 15) is 9.90 Å². The van der Waals surface area contributed by atoms with Crippen LogP contribution in [0, 0.1) is 0 Å². The third-order valence-corrected chi connectivity index (χ3v) is 3.46. The molecule has 0 aromatic carbocycles. The number of rotatable bonds is 2. The molecule has 3 heterocycles. The van der Waals surface area contributed by atoms with Gasteiger partial charge in [-0.3, -0.25) is 4.79 Å². The van der Waals surface area contributed by atoms with Crippen molar-refractivity contribution in [3.8, 4) is 11.5 Å². The fourth-order valence-corrected chi connectivity index (χ4v) is 2.47. The number of likely N-dealkylation sites (tertiary alicyclic amines) is 1. The summed E-state index contributed by atoms with van der Waals surface area (Å²) >= 11 is 0. The Hall–Kier alpha value is -2.08. The first-order chi connectivity index (χ1) is 9.55. The van der Waals surface area contributed by atoms with E-state index < -0.39 is 5.60 Å². The standard InChI is InChI=1S/C14H16N2O4/c1-14(18)5-3-6-16(9-14)13(17)10-8-12(20-15-10)11-4-2-7-19-11/h2,4,7-8,18H,3,5-6,9H2,1H3. The van der Waals surface area contributed by atoms with Crippen LogP contribution in [-0.4, -0.2) is 39.8 Å². The molecule has 1 saturated heterocycles. The molecule has 1 fully saturated rings. The Kier molecular flexibility index (Phi) is 3.10. The lowest BCUT2D eigenvalue weighted by molar-refractivity contribution is -0.0110. The maximum Gasteiger partial charge on any atom is 0.276 e. The number of piperidine rings is 1. The van der Waals surface area contributed by atoms with Crippen LogP contribution in [0.3, 0.4) is 0 Å². The third-order valence-electron chi connectivity index (χ3n) is 3.46. The summed E-state index contributed by atoms with van der Waals surface area (Å²) in [7, 11) is 0. The highest BCUT2D eigenvalue weighted by molar-refractivity contribution is 5.93. The predicted molar refractivity (Wildman–Crippen MR) is 70.0 cm³/mol. The molecule has 0 saturated carbocycles. The molecule has 20 heavy (non-hydrogen) atoms. The van der Waals surface area contributed by atoms with Gasteiger partial charge in [0.15, 0.2) is 11.5 Å². The lowest BCUT2D eigenvalue weighted by Crippen LogP contribution is -2.48. The van der Waals surface area contributed by atoms with Crippen molar-refractivity contribution < 1.29 is 18.8 Å². The summed E-state index contributed by atoms with van der Waals surface area (Å²) in [5.41, 5.74) is -0.601. The van der Waals surface area contributed by atoms with Crippen molar-refractivity contribution in [2.75, 3.05) is 13.1 Å². The number of aromatic nitrogens is 1. The third kappa shape index (κ3) is 2.46. The highest BCUT2D eigenvalue weighted by Crippen LogP contribution is 2.24. The van der Waals surface area contributed by atoms with E-state index in [2.05, 4.69) is 5.16 Å². The van der Waals surface area contributed by atoms with Crippen LogP contribution < -0.4 is 0 Å². The van der Waals surface area contributed by atoms with Crippen LogP contribution in [0.2, 0.25) is 0 Å². The summed E-state index contributed by atoms with van der Waals surface area (Å²) in [6, 6.07) is 5.03. The van der Waals surface area contributed by atoms with Gasteiger partial charge in [0.2, 0.25) is 5.76 Å². The molecule has 6 nitrogen and oxygen atoms in total. The summed E-state index contributed by atoms with van der Waals surface area (Å²) in [5.74, 6) is 0.718. The van der Waals surface area contributed by atoms with Crippen LogP contribution in [-0.2, 0) is 0 Å². The van der Waals surface area contributed by atoms with Crippen molar-refractivity contribution >= 4 is 5.91 Å². The lowest BCUT2D eigenvalue weighted by Gasteiger charge is -2.36. The van der Waals surface area contributed by atoms with Crippen molar-refractivity contribution in [3.05, 3.63) is 30.2 Å². The number of hydrogen-bond acceptors (Lipinski definition) is 5. The van der Waals surface area contributed by atoms with Crippen LogP contribution in [0.4, 0.5) is 0 Å². The fourth-order valence-electron chi connectivity index (χ4n) is 2.47. The topological polar surface area (TPSA) is 79.7 Å². The Morgan fingerprint density at radius 2 is 2.35 bits per heavy atom. The zero-order valence-electron chi connectivity index (χ0n) is 11.2. The van der Waals surface area contributed by atoms with Crippen LogP contribution in [0.1, 0.15) is 30.3 Å². The molecule has 1 aliphatic rings. The molecule has 2 aromatic heterocycles. The molecular formula is C14H16N2O4. The van der Waals surface area contributed by atoms with Crippen LogP contribution >= 0.6 is 0 Å². The highest BCUT2D eigenvalue weighted by Gasteiger charge is 2.32. The molecular weight excluding hydrogens is 260 g/mol. The van der Waals surface area contributed by atoms with Gasteiger partial charge in [-0.05, 0) is 31.9 Å². The molecule has 2 aromatic rings. The molecule has 106 valence electrons. The average Bonchev–Trinajstić information content (AvgIpc) is 3.07. The second-order valence-electron chi connectivity index (χ2n) is 5.38. The number of hydrogen-bond donors (Lipinski definition) is 1. The van der Waals surface area contributed by atoms with Crippen LogP contribution in [0.15, 0.2) is 33.4 Å². The molecule has 1 aliphatic heterocycles. The summed E-state index contributed by atoms with van der Waals surface area (Å²) in [4.78, 5) is 13.9. The fraction of sp³-hybridized carbons (Fsp3) is 0.429. The van der Waals surface area contributed by atoms with Gasteiger partial charge in [-0.25, -0.2) is 0 Å². The number of nitrogens with zero attached hydrogens (tertiary/aromatic N) is 2. The summed E-state index contributed by atoms with van der Waals surface area (Å²) < 4.78 is 10.3. The largest absolute Gasteiger partial charge is 0.461 e. The lowest BCUT2D eigenvalue weighted by atomic mass is 9.95. The Bertz CT molecular complexity index is 600. The molecule has 0 radical (unpaired) electrons. The van der Waals surface area contributed by atoms with Gasteiger partial charge in [0, 0.05) is 19.2 Å². The number of furan rings is 1. The van der Waals surface area contributed by atoms with Gasteiger partial charge in [0.25, 0.3) is 5.91 Å². The molecule has 0 spiro atoms. The van der Waals surface area contributed by atoms with E-state index in [1.807, 2.05) is 0 Å². The van der Waals surface area contributed by atoms with E-state index in [0.29, 0.717) is 31.0 Å². The van der Waals surface area contributed by atoms with E-state index in [0.717, 1.165) is 6.42 Å². The minimum Gasteiger partial charge on any atom is -0.461 e. The first kappa shape index (κ1) is 12.9. The molecule has 1 unspecified atom stereocenters. The van der Waals surface area contributed by atoms with E-state index in [1.165, 1.54) is 6.26 Å². The van der Waals surface area contributed by atoms with Crippen molar-refractivity contribution in [1.82, 2.24) is 10.1 Å². The van der Waals surface area contributed by atoms with Gasteiger partial charge in [0.1, 0.15) is 0 Å². The maximum absolute atomic E-state index is 12.3. The normalized spacial score (nSPS) is 23.0. The van der Waals surface area contributed by atoms with Crippen molar-refractivity contribution in [2.45, 2.75) is 25.4 Å². The molecule has 3 rings (SSSR count). The zero-order chi connectivity index (χ0) is 14.2. The quantitative estimate of drug-likeness (QED) is 0.906. The van der Waals surface area contributed by atoms with Gasteiger partial charge >= 0.3 is 0 Å². The number of aliphatic hydroxyl groups is 1. The average molecular weight is 276 g/mol. The number of carbonyl (C=O) groups excluding carboxylic acids is 1. The molecule has 0 bridgehead atoms. The zero-order valence-corrected chi connectivity index (χ0v) is 11.2. The minimum absolute atomic E-state index is 0.230. The van der Waals surface area contributed by atoms with E-state index in [1.54, 1.807) is 30.0 Å². The smallest absolute Gasteiger partial charge is 0.276 e. The van der Waals surface area contributed by atoms with Crippen molar-refractivity contribution in [3.63, 3.8) is 0 Å². The van der Waals surface area contributed by atoms with E-state index in [4.69, 9.17) is 8.94 Å². The number of β-amino-alcohol motifs (C(OH)–C–C–N with tert-alkyl or cyclic N) is 1. The van der Waals surface area contributed by atoms with Crippen LogP contribution in [0.25, 0.3) is 11.5 Å². The second-order valence-corrected chi connectivity index (χ2v) is 5.38. The van der Waals surface area contributed by atoms with Crippen molar-refractivity contribution in [2.24, 2.45) is 0 Å². The Balaban J connectivity index is 1.78. The van der Waals surface area contributed by atoms with E-state index >= 15 is 0 Å². The monoisotopic (exact) mass is 276 g/mol. The highest BCUT2D eigenvalue weighted by atomic mass is 16.5. The summed E-state index contributed by atoms with van der Waals surface area (Å²) in [6.07, 6.45) is 3.01. The molecule has 1 atom stereocenters. The van der Waals surface area contributed by atoms with Gasteiger partial charge in [0.05, 0.1) is 11.9 Å². The van der Waals surface area contributed by atoms with Gasteiger partial charge in [-0.2, -0.15) is 0 Å². The van der Waals surface area contributed by atoms with Gasteiger partial charge in [-0.15, -0.1) is 0 Å². The molecule has 6 heteroatoms. The van der Waals surface area contributed by atoms with Crippen molar-refractivity contribution in [1.29, 1.82) is 0 Å². The Morgan fingerprint density at radius 1 is 1.50 bits per heavy atom. The minimum atomic E-state index is -0.832. The summed E-state index contributed by atoms with van der Waals surface area (Å²) in [6.45, 7) is 2.68. The first-order valence-electron chi connectivity index (χ1n) is 6.57. The Labute approximate surface area is 116 Å². The van der Waals surface area contributed by atoms with Gasteiger partial charge in [-0.1, -0.05) is 5.16 Å². The molecule has 1 N–H and O–H groups in total. The van der Waals surface area contributed by atoms with E-state index in [-0.39, 0.29) is 11.6 Å². The second kappa shape index (κ2) is 4.79. The molecule has 1 amide bonds. The summed E-state index contributed by atoms with van der Waals surface area (Å²) in [5, 5.41) is 13.8. The molecule has 0 aliphatic carbocycles. The number of amides is 1. The number of carbonyl (C=O) groups is 1. The predicted octanol–water partition coefficient (Wildman–Crippen LogP) is 1.92. The maximum atomic E-state index is 12.3. The SMILES string of the molecule is CC1(O)CCCN(C(=O)c2cc(-c3ccco3)on2)C1. The Morgan fingerprint density at radius 3 is 3.05 bits per heavy atom. The van der Waals surface area contributed by atoms with Crippen LogP contribution in [0.5, 0.6) is 0 Å². The first-order valence-corrected chi connectivity index (χ1v) is 6.57.